The van der Waals surface area contributed by atoms with E-state index in [0.29, 0.717) is 18.7 Å². The molecule has 0 aliphatic carbocycles. The molecular formula is C18H20N4O3. The molecule has 0 unspecified atom stereocenters. The topological polar surface area (TPSA) is 86.9 Å². The van der Waals surface area contributed by atoms with Crippen molar-refractivity contribution in [3.63, 3.8) is 0 Å². The van der Waals surface area contributed by atoms with Crippen LogP contribution >= 0.6 is 0 Å². The lowest BCUT2D eigenvalue weighted by Crippen LogP contribution is -2.34. The first-order valence-corrected chi connectivity index (χ1v) is 8.15. The summed E-state index contributed by atoms with van der Waals surface area (Å²) in [7, 11) is 0. The Kier molecular flexibility index (Phi) is 5.13. The van der Waals surface area contributed by atoms with Crippen LogP contribution in [0, 0.1) is 0 Å². The molecule has 0 atom stereocenters. The second-order valence-electron chi connectivity index (χ2n) is 5.74. The fourth-order valence-corrected chi connectivity index (χ4v) is 2.49. The molecule has 0 fully saturated rings. The highest BCUT2D eigenvalue weighted by molar-refractivity contribution is 5.95. The van der Waals surface area contributed by atoms with Crippen molar-refractivity contribution in [1.82, 2.24) is 10.6 Å². The van der Waals surface area contributed by atoms with E-state index in [0.717, 1.165) is 24.4 Å². The first-order valence-electron chi connectivity index (χ1n) is 8.15. The Hall–Kier alpha value is -3.09. The molecule has 2 amide bonds. The molecule has 0 saturated heterocycles. The molecule has 1 aliphatic heterocycles. The van der Waals surface area contributed by atoms with Gasteiger partial charge in [0.2, 0.25) is 0 Å². The van der Waals surface area contributed by atoms with Crippen molar-refractivity contribution in [1.29, 1.82) is 0 Å². The van der Waals surface area contributed by atoms with Crippen LogP contribution in [0.5, 0.6) is 0 Å². The summed E-state index contributed by atoms with van der Waals surface area (Å²) in [5.74, 6) is -0.230. The minimum atomic E-state index is -0.301. The molecule has 7 heteroatoms. The number of nitrogens with zero attached hydrogens (tertiary/aromatic N) is 2. The Morgan fingerprint density at radius 2 is 1.84 bits per heavy atom. The van der Waals surface area contributed by atoms with E-state index in [4.69, 9.17) is 4.42 Å². The molecule has 3 rings (SSSR count). The number of amides is 2. The van der Waals surface area contributed by atoms with E-state index in [1.165, 1.54) is 6.26 Å². The highest BCUT2D eigenvalue weighted by atomic mass is 16.3. The Balaban J connectivity index is 1.44. The van der Waals surface area contributed by atoms with Gasteiger partial charge in [-0.2, -0.15) is 5.10 Å². The van der Waals surface area contributed by atoms with Crippen LogP contribution in [0.25, 0.3) is 0 Å². The molecule has 1 aliphatic rings. The predicted molar refractivity (Wildman–Crippen MR) is 94.9 cm³/mol. The van der Waals surface area contributed by atoms with E-state index in [-0.39, 0.29) is 17.6 Å². The lowest BCUT2D eigenvalue weighted by atomic mass is 10.2. The van der Waals surface area contributed by atoms with Crippen LogP contribution in [-0.2, 0) is 0 Å². The SMILES string of the molecule is CC1=NN(c2ccc(C(=O)NCCNC(=O)c3ccco3)cc2)CC1. The van der Waals surface area contributed by atoms with Crippen LogP contribution < -0.4 is 15.6 Å². The summed E-state index contributed by atoms with van der Waals surface area (Å²) in [6, 6.07) is 10.5. The molecule has 1 aromatic carbocycles. The van der Waals surface area contributed by atoms with Gasteiger partial charge in [-0.1, -0.05) is 0 Å². The van der Waals surface area contributed by atoms with Gasteiger partial charge in [-0.05, 0) is 43.3 Å². The molecule has 0 spiro atoms. The van der Waals surface area contributed by atoms with Crippen molar-refractivity contribution in [3.05, 3.63) is 54.0 Å². The molecule has 2 N–H and O–H groups in total. The van der Waals surface area contributed by atoms with Crippen molar-refractivity contribution in [2.75, 3.05) is 24.6 Å². The summed E-state index contributed by atoms with van der Waals surface area (Å²) < 4.78 is 4.99. The quantitative estimate of drug-likeness (QED) is 0.788. The fraction of sp³-hybridized carbons (Fsp3) is 0.278. The summed E-state index contributed by atoms with van der Waals surface area (Å²) in [5.41, 5.74) is 2.65. The number of nitrogens with one attached hydrogen (secondary N) is 2. The van der Waals surface area contributed by atoms with Gasteiger partial charge in [-0.3, -0.25) is 14.6 Å². The van der Waals surface area contributed by atoms with E-state index in [1.807, 2.05) is 24.1 Å². The van der Waals surface area contributed by atoms with Gasteiger partial charge in [0.05, 0.1) is 12.0 Å². The Morgan fingerprint density at radius 3 is 2.44 bits per heavy atom. The summed E-state index contributed by atoms with van der Waals surface area (Å²) >= 11 is 0. The van der Waals surface area contributed by atoms with Crippen LogP contribution in [0.3, 0.4) is 0 Å². The minimum absolute atomic E-state index is 0.181. The normalized spacial score (nSPS) is 13.5. The van der Waals surface area contributed by atoms with Gasteiger partial charge in [0, 0.05) is 37.3 Å². The zero-order chi connectivity index (χ0) is 17.6. The van der Waals surface area contributed by atoms with E-state index < -0.39 is 0 Å². The third-order valence-corrected chi connectivity index (χ3v) is 3.85. The number of anilines is 1. The number of carbonyl (C=O) groups is 2. The zero-order valence-electron chi connectivity index (χ0n) is 14.0. The minimum Gasteiger partial charge on any atom is -0.459 e. The van der Waals surface area contributed by atoms with Crippen LogP contribution in [0.15, 0.2) is 52.2 Å². The number of hydrogen-bond acceptors (Lipinski definition) is 5. The highest BCUT2D eigenvalue weighted by Gasteiger charge is 2.13. The second-order valence-corrected chi connectivity index (χ2v) is 5.74. The van der Waals surface area contributed by atoms with Gasteiger partial charge in [0.15, 0.2) is 5.76 Å². The Labute approximate surface area is 145 Å². The van der Waals surface area contributed by atoms with E-state index in [2.05, 4.69) is 15.7 Å². The molecule has 7 nitrogen and oxygen atoms in total. The lowest BCUT2D eigenvalue weighted by molar-refractivity contribution is 0.0910. The van der Waals surface area contributed by atoms with Gasteiger partial charge >= 0.3 is 0 Å². The summed E-state index contributed by atoms with van der Waals surface area (Å²) in [4.78, 5) is 23.8. The predicted octanol–water partition coefficient (Wildman–Crippen LogP) is 2.03. The average molecular weight is 340 g/mol. The van der Waals surface area contributed by atoms with Crippen molar-refractivity contribution in [2.45, 2.75) is 13.3 Å². The largest absolute Gasteiger partial charge is 0.459 e. The first kappa shape index (κ1) is 16.8. The Bertz CT molecular complexity index is 766. The number of hydrogen-bond donors (Lipinski definition) is 2. The molecular weight excluding hydrogens is 320 g/mol. The van der Waals surface area contributed by atoms with E-state index >= 15 is 0 Å². The standard InChI is InChI=1S/C18H20N4O3/c1-13-8-11-22(21-13)15-6-4-14(5-7-15)17(23)19-9-10-20-18(24)16-3-2-12-25-16/h2-7,12H,8-11H2,1H3,(H,19,23)(H,20,24). The number of rotatable bonds is 6. The molecule has 0 saturated carbocycles. The lowest BCUT2D eigenvalue weighted by Gasteiger charge is -2.14. The Morgan fingerprint density at radius 1 is 1.12 bits per heavy atom. The van der Waals surface area contributed by atoms with Gasteiger partial charge in [0.1, 0.15) is 0 Å². The molecule has 1 aromatic heterocycles. The van der Waals surface area contributed by atoms with Crippen molar-refractivity contribution < 1.29 is 14.0 Å². The molecule has 2 aromatic rings. The van der Waals surface area contributed by atoms with Crippen molar-refractivity contribution >= 4 is 23.2 Å². The number of carbonyl (C=O) groups excluding carboxylic acids is 2. The van der Waals surface area contributed by atoms with Gasteiger partial charge < -0.3 is 15.1 Å². The molecule has 0 bridgehead atoms. The highest BCUT2D eigenvalue weighted by Crippen LogP contribution is 2.19. The van der Waals surface area contributed by atoms with Crippen molar-refractivity contribution in [2.24, 2.45) is 5.10 Å². The zero-order valence-corrected chi connectivity index (χ0v) is 14.0. The average Bonchev–Trinajstić information content (AvgIpc) is 3.30. The molecule has 2 heterocycles. The van der Waals surface area contributed by atoms with Crippen LogP contribution in [-0.4, -0.2) is 37.2 Å². The molecule has 0 radical (unpaired) electrons. The monoisotopic (exact) mass is 340 g/mol. The summed E-state index contributed by atoms with van der Waals surface area (Å²) in [6.07, 6.45) is 2.40. The van der Waals surface area contributed by atoms with Crippen LogP contribution in [0.2, 0.25) is 0 Å². The van der Waals surface area contributed by atoms with E-state index in [9.17, 15) is 9.59 Å². The summed E-state index contributed by atoms with van der Waals surface area (Å²) in [5, 5.41) is 11.8. The van der Waals surface area contributed by atoms with Gasteiger partial charge in [-0.25, -0.2) is 0 Å². The van der Waals surface area contributed by atoms with Crippen molar-refractivity contribution in [3.8, 4) is 0 Å². The third kappa shape index (κ3) is 4.26. The smallest absolute Gasteiger partial charge is 0.287 e. The first-order chi connectivity index (χ1) is 12.1. The fourth-order valence-electron chi connectivity index (χ4n) is 2.49. The van der Waals surface area contributed by atoms with E-state index in [1.54, 1.807) is 24.3 Å². The second kappa shape index (κ2) is 7.65. The maximum Gasteiger partial charge on any atom is 0.287 e. The summed E-state index contributed by atoms with van der Waals surface area (Å²) in [6.45, 7) is 3.53. The molecule has 25 heavy (non-hydrogen) atoms. The molecule has 130 valence electrons. The number of hydrazone groups is 1. The van der Waals surface area contributed by atoms with Gasteiger partial charge in [-0.15, -0.1) is 0 Å². The van der Waals surface area contributed by atoms with Crippen LogP contribution in [0.4, 0.5) is 5.69 Å². The maximum atomic E-state index is 12.1. The maximum absolute atomic E-state index is 12.1. The third-order valence-electron chi connectivity index (χ3n) is 3.85. The number of benzene rings is 1. The van der Waals surface area contributed by atoms with Gasteiger partial charge in [0.25, 0.3) is 11.8 Å². The number of furan rings is 1. The van der Waals surface area contributed by atoms with Crippen LogP contribution in [0.1, 0.15) is 34.3 Å².